The van der Waals surface area contributed by atoms with Crippen molar-refractivity contribution in [1.29, 1.82) is 0 Å². The molecule has 1 unspecified atom stereocenters. The molecule has 1 atom stereocenters. The van der Waals surface area contributed by atoms with E-state index < -0.39 is 9.84 Å². The number of ether oxygens (including phenoxy) is 3. The van der Waals surface area contributed by atoms with Crippen molar-refractivity contribution in [1.82, 2.24) is 14.5 Å². The maximum absolute atomic E-state index is 13.0. The van der Waals surface area contributed by atoms with Crippen LogP contribution < -0.4 is 0 Å². The minimum absolute atomic E-state index is 0.0766. The van der Waals surface area contributed by atoms with Crippen molar-refractivity contribution in [2.45, 2.75) is 69.0 Å². The molecule has 0 N–H and O–H groups in total. The summed E-state index contributed by atoms with van der Waals surface area (Å²) < 4.78 is 44.6. The summed E-state index contributed by atoms with van der Waals surface area (Å²) in [7, 11) is -1.68. The Morgan fingerprint density at radius 3 is 2.63 bits per heavy atom. The average molecular weight is 442 g/mol. The summed E-state index contributed by atoms with van der Waals surface area (Å²) in [5.74, 6) is 0.530. The van der Waals surface area contributed by atoms with Crippen molar-refractivity contribution < 1.29 is 22.6 Å². The molecule has 0 aromatic carbocycles. The minimum Gasteiger partial charge on any atom is -0.382 e. The summed E-state index contributed by atoms with van der Waals surface area (Å²) in [6.07, 6.45) is 8.12. The lowest BCUT2D eigenvalue weighted by Crippen LogP contribution is -2.37. The van der Waals surface area contributed by atoms with Gasteiger partial charge in [-0.05, 0) is 44.4 Å². The predicted octanol–water partition coefficient (Wildman–Crippen LogP) is 1.87. The van der Waals surface area contributed by atoms with Gasteiger partial charge in [-0.3, -0.25) is 4.90 Å². The molecule has 1 saturated carbocycles. The van der Waals surface area contributed by atoms with Gasteiger partial charge in [0, 0.05) is 33.4 Å². The molecule has 0 spiro atoms. The Kier molecular flexibility index (Phi) is 7.46. The highest BCUT2D eigenvalue weighted by molar-refractivity contribution is 7.91. The summed E-state index contributed by atoms with van der Waals surface area (Å²) >= 11 is 0. The molecule has 170 valence electrons. The Morgan fingerprint density at radius 2 is 1.97 bits per heavy atom. The highest BCUT2D eigenvalue weighted by Gasteiger charge is 2.33. The van der Waals surface area contributed by atoms with E-state index in [1.165, 1.54) is 0 Å². The average Bonchev–Trinajstić information content (AvgIpc) is 3.21. The Bertz CT molecular complexity index is 779. The minimum atomic E-state index is -3.37. The molecule has 8 nitrogen and oxygen atoms in total. The third-order valence-electron chi connectivity index (χ3n) is 6.30. The molecule has 3 aliphatic rings. The second-order valence-electron chi connectivity index (χ2n) is 8.84. The number of hydrogen-bond donors (Lipinski definition) is 0. The molecule has 1 aliphatic carbocycles. The molecule has 3 heterocycles. The summed E-state index contributed by atoms with van der Waals surface area (Å²) in [5, 5.41) is 0.234. The highest BCUT2D eigenvalue weighted by Crippen LogP contribution is 2.32. The lowest BCUT2D eigenvalue weighted by molar-refractivity contribution is -0.0162. The predicted molar refractivity (Wildman–Crippen MR) is 112 cm³/mol. The third-order valence-corrected chi connectivity index (χ3v) is 8.10. The SMILES string of the molecule is COCCOC1CCN(Cc2cnc(S(=O)(=O)CC3CC3)n2CC2CCCO2)CC1. The van der Waals surface area contributed by atoms with Crippen LogP contribution in [0.4, 0.5) is 0 Å². The molecular formula is C21H35N3O5S. The number of nitrogens with zero attached hydrogens (tertiary/aromatic N) is 3. The van der Waals surface area contributed by atoms with Crippen LogP contribution in [0.2, 0.25) is 0 Å². The van der Waals surface area contributed by atoms with E-state index in [4.69, 9.17) is 14.2 Å². The molecule has 1 aromatic heterocycles. The maximum Gasteiger partial charge on any atom is 0.227 e. The van der Waals surface area contributed by atoms with Crippen LogP contribution in [0.1, 0.15) is 44.2 Å². The van der Waals surface area contributed by atoms with Crippen LogP contribution in [0.3, 0.4) is 0 Å². The molecule has 30 heavy (non-hydrogen) atoms. The maximum atomic E-state index is 13.0. The van der Waals surface area contributed by atoms with Crippen LogP contribution in [-0.4, -0.2) is 80.8 Å². The largest absolute Gasteiger partial charge is 0.382 e. The van der Waals surface area contributed by atoms with Gasteiger partial charge in [0.2, 0.25) is 15.0 Å². The van der Waals surface area contributed by atoms with Gasteiger partial charge in [0.1, 0.15) is 0 Å². The number of methoxy groups -OCH3 is 1. The van der Waals surface area contributed by atoms with E-state index in [9.17, 15) is 8.42 Å². The number of piperidine rings is 1. The third kappa shape index (κ3) is 5.82. The monoisotopic (exact) mass is 441 g/mol. The summed E-state index contributed by atoms with van der Waals surface area (Å²) in [5.41, 5.74) is 0.971. The molecule has 9 heteroatoms. The topological polar surface area (TPSA) is 82.9 Å². The number of hydrogen-bond acceptors (Lipinski definition) is 7. The van der Waals surface area contributed by atoms with E-state index in [1.807, 2.05) is 4.57 Å². The molecule has 2 aliphatic heterocycles. The van der Waals surface area contributed by atoms with Gasteiger partial charge in [-0.25, -0.2) is 13.4 Å². The summed E-state index contributed by atoms with van der Waals surface area (Å²) in [6.45, 7) is 5.18. The van der Waals surface area contributed by atoms with E-state index in [0.717, 1.165) is 63.9 Å². The molecule has 0 amide bonds. The molecule has 0 radical (unpaired) electrons. The van der Waals surface area contributed by atoms with Gasteiger partial charge in [0.25, 0.3) is 0 Å². The molecule has 2 saturated heterocycles. The standard InChI is InChI=1S/C21H35N3O5S/c1-27-11-12-29-19-6-8-23(9-7-19)14-18-13-22-21(30(25,26)16-17-4-5-17)24(18)15-20-3-2-10-28-20/h13,17,19-20H,2-12,14-16H2,1H3. The lowest BCUT2D eigenvalue weighted by atomic mass is 10.1. The van der Waals surface area contributed by atoms with Crippen molar-refractivity contribution in [2.24, 2.45) is 5.92 Å². The van der Waals surface area contributed by atoms with E-state index >= 15 is 0 Å². The normalized spacial score (nSPS) is 24.0. The van der Waals surface area contributed by atoms with Gasteiger partial charge >= 0.3 is 0 Å². The second kappa shape index (κ2) is 10.1. The number of sulfone groups is 1. The van der Waals surface area contributed by atoms with Gasteiger partial charge in [0.15, 0.2) is 0 Å². The number of imidazole rings is 1. The zero-order valence-corrected chi connectivity index (χ0v) is 18.8. The number of aromatic nitrogens is 2. The van der Waals surface area contributed by atoms with E-state index in [-0.39, 0.29) is 23.1 Å². The van der Waals surface area contributed by atoms with Crippen molar-refractivity contribution in [3.8, 4) is 0 Å². The van der Waals surface area contributed by atoms with Crippen LogP contribution >= 0.6 is 0 Å². The van der Waals surface area contributed by atoms with Gasteiger partial charge < -0.3 is 18.8 Å². The van der Waals surface area contributed by atoms with E-state index in [0.29, 0.717) is 32.2 Å². The van der Waals surface area contributed by atoms with Crippen molar-refractivity contribution >= 4 is 9.84 Å². The fourth-order valence-electron chi connectivity index (χ4n) is 4.38. The van der Waals surface area contributed by atoms with Crippen molar-refractivity contribution in [2.75, 3.05) is 45.8 Å². The number of rotatable bonds is 11. The summed E-state index contributed by atoms with van der Waals surface area (Å²) in [6, 6.07) is 0. The Hall–Kier alpha value is -1.00. The fourth-order valence-corrected chi connectivity index (χ4v) is 6.23. The van der Waals surface area contributed by atoms with Crippen LogP contribution in [0.5, 0.6) is 0 Å². The van der Waals surface area contributed by atoms with Crippen molar-refractivity contribution in [3.63, 3.8) is 0 Å². The van der Waals surface area contributed by atoms with Gasteiger partial charge in [-0.15, -0.1) is 0 Å². The van der Waals surface area contributed by atoms with Gasteiger partial charge in [0.05, 0.1) is 49.6 Å². The van der Waals surface area contributed by atoms with Crippen LogP contribution in [0.25, 0.3) is 0 Å². The molecular weight excluding hydrogens is 406 g/mol. The van der Waals surface area contributed by atoms with Crippen molar-refractivity contribution in [3.05, 3.63) is 11.9 Å². The van der Waals surface area contributed by atoms with Crippen LogP contribution in [-0.2, 0) is 37.1 Å². The van der Waals surface area contributed by atoms with E-state index in [2.05, 4.69) is 9.88 Å². The zero-order valence-electron chi connectivity index (χ0n) is 18.0. The Labute approximate surface area is 179 Å². The first-order valence-corrected chi connectivity index (χ1v) is 12.9. The first-order chi connectivity index (χ1) is 14.5. The Morgan fingerprint density at radius 1 is 1.17 bits per heavy atom. The smallest absolute Gasteiger partial charge is 0.227 e. The van der Waals surface area contributed by atoms with Gasteiger partial charge in [-0.2, -0.15) is 0 Å². The van der Waals surface area contributed by atoms with Crippen LogP contribution in [0, 0.1) is 5.92 Å². The molecule has 1 aromatic rings. The molecule has 4 rings (SSSR count). The Balaban J connectivity index is 1.42. The molecule has 3 fully saturated rings. The van der Waals surface area contributed by atoms with Crippen LogP contribution in [0.15, 0.2) is 11.4 Å². The highest BCUT2D eigenvalue weighted by atomic mass is 32.2. The lowest BCUT2D eigenvalue weighted by Gasteiger charge is -2.32. The van der Waals surface area contributed by atoms with Gasteiger partial charge in [-0.1, -0.05) is 0 Å². The zero-order chi connectivity index (χ0) is 21.0. The number of likely N-dealkylation sites (tertiary alicyclic amines) is 1. The second-order valence-corrected chi connectivity index (χ2v) is 10.8. The summed E-state index contributed by atoms with van der Waals surface area (Å²) in [4.78, 5) is 6.77. The quantitative estimate of drug-likeness (QED) is 0.485. The fraction of sp³-hybridized carbons (Fsp3) is 0.857. The first-order valence-electron chi connectivity index (χ1n) is 11.3. The first kappa shape index (κ1) is 22.2. The molecule has 0 bridgehead atoms. The van der Waals surface area contributed by atoms with E-state index in [1.54, 1.807) is 13.3 Å².